The fraction of sp³-hybridized carbons (Fsp3) is 0.625. The highest BCUT2D eigenvalue weighted by atomic mass is 15.1. The number of rotatable bonds is 2. The van der Waals surface area contributed by atoms with Gasteiger partial charge >= 0.3 is 0 Å². The molecule has 0 aromatic heterocycles. The minimum Gasteiger partial charge on any atom is -0.374 e. The van der Waals surface area contributed by atoms with Gasteiger partial charge in [-0.05, 0) is 62.2 Å². The van der Waals surface area contributed by atoms with Gasteiger partial charge in [0.2, 0.25) is 0 Å². The molecular weight excluding hydrogens is 220 g/mol. The van der Waals surface area contributed by atoms with Gasteiger partial charge in [-0.2, -0.15) is 0 Å². The summed E-state index contributed by atoms with van der Waals surface area (Å²) in [5.74, 6) is 0.882. The number of nitrogens with one attached hydrogen (secondary N) is 1. The molecule has 2 aliphatic heterocycles. The van der Waals surface area contributed by atoms with Gasteiger partial charge in [0.25, 0.3) is 0 Å². The number of hydrogen-bond donors (Lipinski definition) is 1. The van der Waals surface area contributed by atoms with Crippen molar-refractivity contribution in [3.63, 3.8) is 0 Å². The van der Waals surface area contributed by atoms with Crippen molar-refractivity contribution in [3.8, 4) is 0 Å². The number of nitrogens with zero attached hydrogens (tertiary/aromatic N) is 1. The van der Waals surface area contributed by atoms with Crippen molar-refractivity contribution in [1.82, 2.24) is 5.32 Å². The van der Waals surface area contributed by atoms with Crippen LogP contribution in [0.25, 0.3) is 0 Å². The van der Waals surface area contributed by atoms with Crippen molar-refractivity contribution in [2.75, 3.05) is 31.6 Å². The summed E-state index contributed by atoms with van der Waals surface area (Å²) in [7, 11) is 2.25. The summed E-state index contributed by atoms with van der Waals surface area (Å²) in [5, 5.41) is 3.46. The zero-order valence-corrected chi connectivity index (χ0v) is 11.4. The van der Waals surface area contributed by atoms with E-state index in [4.69, 9.17) is 0 Å². The molecule has 0 radical (unpaired) electrons. The molecule has 1 saturated heterocycles. The molecule has 2 nitrogen and oxygen atoms in total. The lowest BCUT2D eigenvalue weighted by Crippen LogP contribution is -2.30. The van der Waals surface area contributed by atoms with E-state index in [0.29, 0.717) is 0 Å². The lowest BCUT2D eigenvalue weighted by atomic mass is 9.88. The van der Waals surface area contributed by atoms with Crippen molar-refractivity contribution in [2.45, 2.75) is 32.1 Å². The Hall–Kier alpha value is -1.02. The van der Waals surface area contributed by atoms with Crippen molar-refractivity contribution in [1.29, 1.82) is 0 Å². The Labute approximate surface area is 110 Å². The summed E-state index contributed by atoms with van der Waals surface area (Å²) in [6.45, 7) is 3.63. The zero-order chi connectivity index (χ0) is 12.4. The monoisotopic (exact) mass is 244 g/mol. The smallest absolute Gasteiger partial charge is 0.0428 e. The molecule has 98 valence electrons. The van der Waals surface area contributed by atoms with E-state index in [1.807, 2.05) is 0 Å². The number of fused-ring (bicyclic) bond motifs is 1. The van der Waals surface area contributed by atoms with Gasteiger partial charge < -0.3 is 10.2 Å². The van der Waals surface area contributed by atoms with E-state index in [2.05, 4.69) is 35.5 Å². The Morgan fingerprint density at radius 3 is 2.94 bits per heavy atom. The summed E-state index contributed by atoms with van der Waals surface area (Å²) < 4.78 is 0. The molecule has 1 fully saturated rings. The molecule has 0 saturated carbocycles. The topological polar surface area (TPSA) is 15.3 Å². The second-order valence-electron chi connectivity index (χ2n) is 5.85. The maximum atomic E-state index is 3.46. The van der Waals surface area contributed by atoms with Crippen LogP contribution in [0.5, 0.6) is 0 Å². The average Bonchev–Trinajstić information content (AvgIpc) is 2.40. The summed E-state index contributed by atoms with van der Waals surface area (Å²) in [4.78, 5) is 2.47. The second kappa shape index (κ2) is 5.31. The van der Waals surface area contributed by atoms with Crippen LogP contribution in [0.1, 0.15) is 30.4 Å². The predicted molar refractivity (Wildman–Crippen MR) is 77.3 cm³/mol. The molecule has 2 aliphatic rings. The van der Waals surface area contributed by atoms with Crippen LogP contribution in [-0.4, -0.2) is 26.7 Å². The van der Waals surface area contributed by atoms with Gasteiger partial charge in [-0.25, -0.2) is 0 Å². The quantitative estimate of drug-likeness (QED) is 0.860. The van der Waals surface area contributed by atoms with E-state index in [1.54, 1.807) is 16.8 Å². The van der Waals surface area contributed by atoms with E-state index >= 15 is 0 Å². The maximum absolute atomic E-state index is 3.46. The first kappa shape index (κ1) is 12.0. The number of hydrogen-bond acceptors (Lipinski definition) is 2. The van der Waals surface area contributed by atoms with Gasteiger partial charge in [-0.15, -0.1) is 0 Å². The van der Waals surface area contributed by atoms with E-state index < -0.39 is 0 Å². The van der Waals surface area contributed by atoms with Crippen LogP contribution in [0.15, 0.2) is 18.2 Å². The minimum atomic E-state index is 0.882. The van der Waals surface area contributed by atoms with Gasteiger partial charge in [0.05, 0.1) is 0 Å². The summed E-state index contributed by atoms with van der Waals surface area (Å²) in [6.07, 6.45) is 6.52. The third-order valence-electron chi connectivity index (χ3n) is 4.49. The fourth-order valence-corrected chi connectivity index (χ4v) is 3.52. The maximum Gasteiger partial charge on any atom is 0.0428 e. The van der Waals surface area contributed by atoms with E-state index in [1.165, 1.54) is 51.7 Å². The first-order valence-electron chi connectivity index (χ1n) is 7.37. The van der Waals surface area contributed by atoms with Crippen LogP contribution in [-0.2, 0) is 12.8 Å². The van der Waals surface area contributed by atoms with Crippen LogP contribution < -0.4 is 10.2 Å². The van der Waals surface area contributed by atoms with Gasteiger partial charge in [0.15, 0.2) is 0 Å². The molecule has 2 heteroatoms. The van der Waals surface area contributed by atoms with Crippen molar-refractivity contribution in [3.05, 3.63) is 29.3 Å². The highest BCUT2D eigenvalue weighted by Gasteiger charge is 2.20. The lowest BCUT2D eigenvalue weighted by molar-refractivity contribution is 0.372. The molecule has 18 heavy (non-hydrogen) atoms. The molecule has 0 atom stereocenters. The molecule has 0 amide bonds. The van der Waals surface area contributed by atoms with Crippen molar-refractivity contribution >= 4 is 5.69 Å². The molecular formula is C16H24N2. The minimum absolute atomic E-state index is 0.882. The SMILES string of the molecule is CN1CCCc2cccc(CC3CCNCC3)c21. The Morgan fingerprint density at radius 2 is 2.11 bits per heavy atom. The third kappa shape index (κ3) is 2.39. The number of anilines is 1. The van der Waals surface area contributed by atoms with Gasteiger partial charge in [0.1, 0.15) is 0 Å². The Morgan fingerprint density at radius 1 is 1.28 bits per heavy atom. The van der Waals surface area contributed by atoms with Crippen LogP contribution in [0.2, 0.25) is 0 Å². The van der Waals surface area contributed by atoms with Gasteiger partial charge in [0, 0.05) is 19.3 Å². The number of benzene rings is 1. The van der Waals surface area contributed by atoms with Crippen LogP contribution in [0.3, 0.4) is 0 Å². The highest BCUT2D eigenvalue weighted by Crippen LogP contribution is 2.32. The first-order valence-corrected chi connectivity index (χ1v) is 7.37. The molecule has 0 spiro atoms. The summed E-state index contributed by atoms with van der Waals surface area (Å²) in [6, 6.07) is 6.92. The summed E-state index contributed by atoms with van der Waals surface area (Å²) in [5.41, 5.74) is 4.69. The Kier molecular flexibility index (Phi) is 3.55. The molecule has 0 unspecified atom stereocenters. The standard InChI is InChI=1S/C16H24N2/c1-18-11-3-6-14-4-2-5-15(16(14)18)12-13-7-9-17-10-8-13/h2,4-5,13,17H,3,6-12H2,1H3. The highest BCUT2D eigenvalue weighted by molar-refractivity contribution is 5.61. The average molecular weight is 244 g/mol. The van der Waals surface area contributed by atoms with Crippen LogP contribution >= 0.6 is 0 Å². The van der Waals surface area contributed by atoms with Crippen molar-refractivity contribution < 1.29 is 0 Å². The first-order chi connectivity index (χ1) is 8.84. The lowest BCUT2D eigenvalue weighted by Gasteiger charge is -2.31. The molecule has 1 N–H and O–H groups in total. The largest absolute Gasteiger partial charge is 0.374 e. The Balaban J connectivity index is 1.82. The number of aryl methyl sites for hydroxylation is 1. The van der Waals surface area contributed by atoms with E-state index in [0.717, 1.165) is 5.92 Å². The van der Waals surface area contributed by atoms with Crippen LogP contribution in [0, 0.1) is 5.92 Å². The van der Waals surface area contributed by atoms with Gasteiger partial charge in [-0.3, -0.25) is 0 Å². The molecule has 3 rings (SSSR count). The Bertz CT molecular complexity index is 408. The number of piperidine rings is 1. The normalized spacial score (nSPS) is 20.8. The molecule has 0 bridgehead atoms. The number of para-hydroxylation sites is 1. The second-order valence-corrected chi connectivity index (χ2v) is 5.85. The molecule has 0 aliphatic carbocycles. The van der Waals surface area contributed by atoms with Gasteiger partial charge in [-0.1, -0.05) is 18.2 Å². The van der Waals surface area contributed by atoms with E-state index in [-0.39, 0.29) is 0 Å². The summed E-state index contributed by atoms with van der Waals surface area (Å²) >= 11 is 0. The van der Waals surface area contributed by atoms with Crippen LogP contribution in [0.4, 0.5) is 5.69 Å². The predicted octanol–water partition coefficient (Wildman–Crippen LogP) is 2.61. The molecule has 1 aromatic rings. The molecule has 1 aromatic carbocycles. The fourth-order valence-electron chi connectivity index (χ4n) is 3.52. The zero-order valence-electron chi connectivity index (χ0n) is 11.4. The van der Waals surface area contributed by atoms with Crippen molar-refractivity contribution in [2.24, 2.45) is 5.92 Å². The third-order valence-corrected chi connectivity index (χ3v) is 4.49. The van der Waals surface area contributed by atoms with E-state index in [9.17, 15) is 0 Å². The molecule has 2 heterocycles.